The fourth-order valence-electron chi connectivity index (χ4n) is 5.63. The molecule has 0 aromatic heterocycles. The second-order valence-electron chi connectivity index (χ2n) is 9.95. The first-order valence-corrected chi connectivity index (χ1v) is 11.2. The molecule has 4 rings (SSSR count). The van der Waals surface area contributed by atoms with Gasteiger partial charge in [-0.05, 0) is 43.9 Å². The van der Waals surface area contributed by atoms with Crippen molar-refractivity contribution < 1.29 is 24.3 Å². The molecular formula is C24H36NO4+. The number of hydrogen-bond donors (Lipinski definition) is 1. The highest BCUT2D eigenvalue weighted by molar-refractivity contribution is 5.89. The molecule has 0 aliphatic carbocycles. The van der Waals surface area contributed by atoms with E-state index in [2.05, 4.69) is 26.1 Å². The van der Waals surface area contributed by atoms with Gasteiger partial charge in [0, 0.05) is 30.7 Å². The monoisotopic (exact) mass is 402 g/mol. The topological polar surface area (TPSA) is 61.4 Å². The molecule has 0 radical (unpaired) electrons. The third-order valence-corrected chi connectivity index (χ3v) is 7.32. The van der Waals surface area contributed by atoms with Crippen LogP contribution in [0.4, 0.5) is 0 Å². The molecule has 3 heterocycles. The summed E-state index contributed by atoms with van der Waals surface area (Å²) < 4.78 is 18.2. The van der Waals surface area contributed by atoms with E-state index >= 15 is 0 Å². The number of methoxy groups -OCH3 is 1. The zero-order chi connectivity index (χ0) is 20.6. The van der Waals surface area contributed by atoms with Crippen LogP contribution in [0.1, 0.15) is 81.3 Å². The van der Waals surface area contributed by atoms with Crippen molar-refractivity contribution in [3.63, 3.8) is 0 Å². The summed E-state index contributed by atoms with van der Waals surface area (Å²) in [6, 6.07) is 5.64. The summed E-state index contributed by atoms with van der Waals surface area (Å²) in [5.41, 5.74) is 1.52. The lowest BCUT2D eigenvalue weighted by molar-refractivity contribution is -0.716. The van der Waals surface area contributed by atoms with Crippen LogP contribution in [0.25, 0.3) is 0 Å². The molecule has 1 aromatic carbocycles. The summed E-state index contributed by atoms with van der Waals surface area (Å²) >= 11 is 0. The fraction of sp³-hybridized carbons (Fsp3) is 0.708. The van der Waals surface area contributed by atoms with E-state index in [9.17, 15) is 4.79 Å². The van der Waals surface area contributed by atoms with E-state index in [0.717, 1.165) is 37.2 Å². The number of carbonyl (C=O) groups excluding carboxylic acids is 1. The van der Waals surface area contributed by atoms with Crippen molar-refractivity contribution >= 4 is 5.97 Å². The zero-order valence-corrected chi connectivity index (χ0v) is 18.3. The Kier molecular flexibility index (Phi) is 5.64. The third-order valence-electron chi connectivity index (χ3n) is 7.32. The molecule has 0 amide bonds. The highest BCUT2D eigenvalue weighted by atomic mass is 16.5. The van der Waals surface area contributed by atoms with Crippen molar-refractivity contribution in [1.82, 2.24) is 0 Å². The molecule has 0 bridgehead atoms. The van der Waals surface area contributed by atoms with Crippen LogP contribution in [-0.2, 0) is 9.47 Å². The second-order valence-corrected chi connectivity index (χ2v) is 9.95. The van der Waals surface area contributed by atoms with Gasteiger partial charge < -0.3 is 19.5 Å². The number of esters is 1. The van der Waals surface area contributed by atoms with E-state index in [1.54, 1.807) is 6.07 Å². The van der Waals surface area contributed by atoms with Crippen LogP contribution in [0, 0.1) is 11.8 Å². The van der Waals surface area contributed by atoms with Crippen molar-refractivity contribution in [2.75, 3.05) is 20.3 Å². The Morgan fingerprint density at radius 1 is 1.38 bits per heavy atom. The van der Waals surface area contributed by atoms with Gasteiger partial charge >= 0.3 is 5.97 Å². The summed E-state index contributed by atoms with van der Waals surface area (Å²) in [6.07, 6.45) is 6.96. The van der Waals surface area contributed by atoms with Crippen LogP contribution < -0.4 is 10.1 Å². The maximum atomic E-state index is 12.1. The van der Waals surface area contributed by atoms with E-state index in [1.165, 1.54) is 32.9 Å². The third kappa shape index (κ3) is 3.91. The normalized spacial score (nSPS) is 33.3. The van der Waals surface area contributed by atoms with Crippen molar-refractivity contribution in [2.24, 2.45) is 11.8 Å². The maximum Gasteiger partial charge on any atom is 0.337 e. The molecule has 4 atom stereocenters. The van der Waals surface area contributed by atoms with E-state index in [1.807, 2.05) is 12.1 Å². The van der Waals surface area contributed by atoms with Gasteiger partial charge in [0.25, 0.3) is 0 Å². The molecule has 1 aromatic rings. The van der Waals surface area contributed by atoms with Gasteiger partial charge in [-0.2, -0.15) is 0 Å². The number of carbonyl (C=O) groups is 1. The largest absolute Gasteiger partial charge is 0.487 e. The minimum absolute atomic E-state index is 0.0213. The molecular weight excluding hydrogens is 366 g/mol. The highest BCUT2D eigenvalue weighted by Crippen LogP contribution is 2.53. The molecule has 5 nitrogen and oxygen atoms in total. The zero-order valence-electron chi connectivity index (χ0n) is 18.3. The van der Waals surface area contributed by atoms with Crippen LogP contribution in [0.2, 0.25) is 0 Å². The van der Waals surface area contributed by atoms with Gasteiger partial charge in [-0.3, -0.25) is 0 Å². The van der Waals surface area contributed by atoms with E-state index < -0.39 is 0 Å². The van der Waals surface area contributed by atoms with Gasteiger partial charge in [0.2, 0.25) is 0 Å². The predicted octanol–water partition coefficient (Wildman–Crippen LogP) is 3.62. The number of benzene rings is 1. The van der Waals surface area contributed by atoms with Crippen LogP contribution >= 0.6 is 0 Å². The molecule has 2 N–H and O–H groups in total. The standard InChI is InChI=1S/C24H35NO4/c1-16(2)7-5-10-23(3)19-14-24(11-6-12-25-24)15-28-21(19)18-13-17(22(26)27-4)8-9-20(18)29-23/h8-9,13,16,19,21,25H,5-7,10-12,14-15H2,1-4H3/p+1/t19-,21+,23+,24+/m1/s1. The number of nitrogens with two attached hydrogens (primary N) is 1. The lowest BCUT2D eigenvalue weighted by Gasteiger charge is -2.52. The van der Waals surface area contributed by atoms with Gasteiger partial charge in [-0.1, -0.05) is 20.3 Å². The minimum atomic E-state index is -0.314. The Labute approximate surface area is 174 Å². The summed E-state index contributed by atoms with van der Waals surface area (Å²) in [5, 5.41) is 2.50. The first-order chi connectivity index (χ1) is 13.9. The van der Waals surface area contributed by atoms with Crippen LogP contribution in [-0.4, -0.2) is 37.4 Å². The maximum absolute atomic E-state index is 12.1. The van der Waals surface area contributed by atoms with E-state index in [0.29, 0.717) is 11.5 Å². The van der Waals surface area contributed by atoms with Crippen LogP contribution in [0.5, 0.6) is 5.75 Å². The lowest BCUT2D eigenvalue weighted by Crippen LogP contribution is -2.95. The molecule has 3 aliphatic heterocycles. The van der Waals surface area contributed by atoms with Crippen molar-refractivity contribution in [2.45, 2.75) is 76.5 Å². The van der Waals surface area contributed by atoms with Gasteiger partial charge in [0.05, 0.1) is 25.3 Å². The molecule has 2 saturated heterocycles. The molecule has 29 heavy (non-hydrogen) atoms. The summed E-state index contributed by atoms with van der Waals surface area (Å²) in [4.78, 5) is 12.1. The van der Waals surface area contributed by atoms with Crippen molar-refractivity contribution in [3.8, 4) is 5.75 Å². The Morgan fingerprint density at radius 3 is 2.90 bits per heavy atom. The molecule has 0 unspecified atom stereocenters. The fourth-order valence-corrected chi connectivity index (χ4v) is 5.63. The lowest BCUT2D eigenvalue weighted by atomic mass is 9.68. The molecule has 1 spiro atoms. The van der Waals surface area contributed by atoms with Crippen molar-refractivity contribution in [3.05, 3.63) is 29.3 Å². The molecule has 160 valence electrons. The second kappa shape index (κ2) is 7.92. The van der Waals surface area contributed by atoms with E-state index in [4.69, 9.17) is 14.2 Å². The highest BCUT2D eigenvalue weighted by Gasteiger charge is 2.56. The predicted molar refractivity (Wildman–Crippen MR) is 111 cm³/mol. The average molecular weight is 403 g/mol. The average Bonchev–Trinajstić information content (AvgIpc) is 3.15. The van der Waals surface area contributed by atoms with Crippen LogP contribution in [0.3, 0.4) is 0 Å². The molecule has 5 heteroatoms. The van der Waals surface area contributed by atoms with Gasteiger partial charge in [0.15, 0.2) is 0 Å². The van der Waals surface area contributed by atoms with Gasteiger partial charge in [-0.25, -0.2) is 4.79 Å². The van der Waals surface area contributed by atoms with E-state index in [-0.39, 0.29) is 29.1 Å². The summed E-state index contributed by atoms with van der Waals surface area (Å²) in [7, 11) is 1.42. The first kappa shape index (κ1) is 20.7. The Hall–Kier alpha value is -1.59. The summed E-state index contributed by atoms with van der Waals surface area (Å²) in [5.74, 6) is 1.53. The van der Waals surface area contributed by atoms with Crippen molar-refractivity contribution in [1.29, 1.82) is 0 Å². The van der Waals surface area contributed by atoms with Gasteiger partial charge in [0.1, 0.15) is 23.5 Å². The van der Waals surface area contributed by atoms with Crippen LogP contribution in [0.15, 0.2) is 18.2 Å². The number of hydrogen-bond acceptors (Lipinski definition) is 4. The summed E-state index contributed by atoms with van der Waals surface area (Å²) in [6.45, 7) is 8.80. The Morgan fingerprint density at radius 2 is 2.21 bits per heavy atom. The Balaban J connectivity index is 1.67. The first-order valence-electron chi connectivity index (χ1n) is 11.2. The number of quaternary nitrogens is 1. The quantitative estimate of drug-likeness (QED) is 0.764. The number of rotatable bonds is 5. The number of ether oxygens (including phenoxy) is 3. The molecule has 2 fully saturated rings. The number of fused-ring (bicyclic) bond motifs is 3. The minimum Gasteiger partial charge on any atom is -0.487 e. The molecule has 0 saturated carbocycles. The molecule has 3 aliphatic rings. The van der Waals surface area contributed by atoms with Gasteiger partial charge in [-0.15, -0.1) is 0 Å². The SMILES string of the molecule is COC(=O)c1ccc2c(c1)[C@@H]1OC[C@]3(CCC[NH2+]3)C[C@H]1[C@](C)(CCCC(C)C)O2. The smallest absolute Gasteiger partial charge is 0.337 e. The Bertz CT molecular complexity index is 755.